The average Bonchev–Trinajstić information content (AvgIpc) is 1.63. The van der Waals surface area contributed by atoms with Crippen LogP contribution < -0.4 is 0 Å². The van der Waals surface area contributed by atoms with Crippen molar-refractivity contribution >= 4 is 9.63 Å². The van der Waals surface area contributed by atoms with E-state index in [2.05, 4.69) is 0 Å². The Balaban J connectivity index is 4.80. The van der Waals surface area contributed by atoms with Gasteiger partial charge < -0.3 is 0 Å². The third-order valence-electron chi connectivity index (χ3n) is 0.670. The molecule has 2 N–H and O–H groups in total. The van der Waals surface area contributed by atoms with Crippen LogP contribution in [0.3, 0.4) is 0 Å². The molecule has 64 valence electrons. The first-order valence-corrected chi connectivity index (χ1v) is 3.88. The lowest BCUT2D eigenvalue weighted by atomic mass is 11.6. The third-order valence-corrected chi connectivity index (χ3v) is 2.01. The lowest BCUT2D eigenvalue weighted by Crippen LogP contribution is -2.45. The highest BCUT2D eigenvalue weighted by Gasteiger charge is 2.51. The van der Waals surface area contributed by atoms with Crippen LogP contribution in [0.25, 0.3) is 0 Å². The zero-order valence-electron chi connectivity index (χ0n) is 4.38. The van der Waals surface area contributed by atoms with Crippen molar-refractivity contribution in [3.63, 3.8) is 0 Å². The van der Waals surface area contributed by atoms with Gasteiger partial charge in [-0.15, -0.1) is 0 Å². The van der Waals surface area contributed by atoms with Gasteiger partial charge in [-0.1, -0.05) is 0 Å². The Morgan fingerprint density at radius 2 is 1.20 bits per heavy atom. The van der Waals surface area contributed by atoms with E-state index in [-0.39, 0.29) is 0 Å². The Bertz CT molecular complexity index is 169. The fourth-order valence-electron chi connectivity index (χ4n) is 0.0778. The predicted octanol–water partition coefficient (Wildman–Crippen LogP) is 1.20. The zero-order chi connectivity index (χ0) is 8.60. The molecule has 0 rings (SSSR count). The molecule has 0 aliphatic heterocycles. The Hall–Kier alpha value is -0.210. The molecule has 0 unspecified atom stereocenters. The third kappa shape index (κ3) is 1.44. The van der Waals surface area contributed by atoms with Crippen LogP contribution in [0, 0.1) is 0 Å². The number of rotatable bonds is 2. The topological polar surface area (TPSA) is 57.5 Å². The second-order valence-electron chi connectivity index (χ2n) is 1.50. The van der Waals surface area contributed by atoms with Crippen LogP contribution in [0.15, 0.2) is 0 Å². The van der Waals surface area contributed by atoms with E-state index in [4.69, 9.17) is 9.11 Å². The molecule has 0 aliphatic rings. The number of hydrogen-bond acceptors (Lipinski definition) is 1. The van der Waals surface area contributed by atoms with Crippen molar-refractivity contribution in [3.05, 3.63) is 0 Å². The first-order valence-electron chi connectivity index (χ1n) is 1.88. The molecule has 0 amide bonds. The summed E-state index contributed by atoms with van der Waals surface area (Å²) in [6.45, 7) is 0. The largest absolute Gasteiger partial charge is 0.338 e. The van der Waals surface area contributed by atoms with Crippen LogP contribution in [0.4, 0.5) is 17.6 Å². The molecule has 8 heteroatoms. The van der Waals surface area contributed by atoms with E-state index in [1.807, 2.05) is 0 Å². The molecule has 0 fully saturated rings. The zero-order valence-corrected chi connectivity index (χ0v) is 5.19. The van der Waals surface area contributed by atoms with Gasteiger partial charge in [0, 0.05) is 0 Å². The Kier molecular flexibility index (Phi) is 2.09. The maximum atomic E-state index is 11.2. The van der Waals surface area contributed by atoms with Gasteiger partial charge in [0.15, 0.2) is 0 Å². The summed E-state index contributed by atoms with van der Waals surface area (Å²) in [4.78, 5) is 0. The van der Waals surface area contributed by atoms with Crippen molar-refractivity contribution in [1.29, 1.82) is 0 Å². The van der Waals surface area contributed by atoms with E-state index in [0.717, 1.165) is 0 Å². The lowest BCUT2D eigenvalue weighted by molar-refractivity contribution is 0.130. The first kappa shape index (κ1) is 9.79. The van der Waals surface area contributed by atoms with Gasteiger partial charge in [-0.05, 0) is 0 Å². The fourth-order valence-corrected chi connectivity index (χ4v) is 0.233. The summed E-state index contributed by atoms with van der Waals surface area (Å²) in [7, 11) is -7.00. The molecule has 0 saturated heterocycles. The molecule has 0 saturated carbocycles. The van der Waals surface area contributed by atoms with E-state index in [1.54, 1.807) is 0 Å². The van der Waals surface area contributed by atoms with E-state index in [0.29, 0.717) is 0 Å². The van der Waals surface area contributed by atoms with Crippen LogP contribution in [0.2, 0.25) is 0 Å². The summed E-state index contributed by atoms with van der Waals surface area (Å²) in [5.74, 6) is -8.70. The second kappa shape index (κ2) is 2.14. The summed E-state index contributed by atoms with van der Waals surface area (Å²) in [5.41, 5.74) is 0. The maximum absolute atomic E-state index is 11.2. The lowest BCUT2D eigenvalue weighted by Gasteiger charge is -2.27. The number of halogens is 4. The quantitative estimate of drug-likeness (QED) is 0.634. The summed E-state index contributed by atoms with van der Waals surface area (Å²) in [5, 5.41) is 0. The van der Waals surface area contributed by atoms with E-state index in [1.165, 1.54) is 0 Å². The van der Waals surface area contributed by atoms with Gasteiger partial charge in [-0.2, -0.15) is 17.6 Å². The molecule has 0 heterocycles. The molecule has 0 aromatic heterocycles. The van der Waals surface area contributed by atoms with Gasteiger partial charge in [0.05, 0.1) is 0 Å². The molecule has 0 aromatic rings. The monoisotopic (exact) mass is 184 g/mol. The predicted molar refractivity (Wildman–Crippen MR) is 25.4 cm³/mol. The Morgan fingerprint density at radius 3 is 1.20 bits per heavy atom. The minimum atomic E-state index is -7.00. The van der Waals surface area contributed by atoms with Gasteiger partial charge in [0.25, 0.3) is 0 Å². The van der Waals surface area contributed by atoms with E-state index in [9.17, 15) is 21.8 Å². The Morgan fingerprint density at radius 1 is 1.00 bits per heavy atom. The van der Waals surface area contributed by atoms with Gasteiger partial charge in [0.2, 0.25) is 9.63 Å². The van der Waals surface area contributed by atoms with Crippen LogP contribution >= 0.6 is 0 Å². The highest BCUT2D eigenvalue weighted by molar-refractivity contribution is 8.10. The summed E-state index contributed by atoms with van der Waals surface area (Å²) in [6.07, 6.45) is 0. The second-order valence-corrected chi connectivity index (χ2v) is 4.18. The average molecular weight is 184 g/mol. The molecule has 0 bridgehead atoms. The van der Waals surface area contributed by atoms with Gasteiger partial charge in [-0.3, -0.25) is 9.11 Å². The molecule has 0 aromatic carbocycles. The fraction of sp³-hybridized carbons (Fsp3) is 1.00. The standard InChI is InChI=1S/C2H4F4O3S/c3-1(4)10(7,8,9)2(5)6/h1-2H,(H2,7,8,9). The minimum absolute atomic E-state index is 4.35. The maximum Gasteiger partial charge on any atom is 0.338 e. The molecular weight excluding hydrogens is 180 g/mol. The van der Waals surface area contributed by atoms with Gasteiger partial charge >= 0.3 is 11.5 Å². The van der Waals surface area contributed by atoms with Crippen LogP contribution in [-0.2, 0) is 9.63 Å². The molecule has 3 nitrogen and oxygen atoms in total. The van der Waals surface area contributed by atoms with Crippen molar-refractivity contribution in [2.75, 3.05) is 0 Å². The summed E-state index contributed by atoms with van der Waals surface area (Å²) < 4.78 is 70.1. The smallest absolute Gasteiger partial charge is 0.299 e. The normalized spacial score (nSPS) is 17.4. The van der Waals surface area contributed by atoms with Gasteiger partial charge in [-0.25, -0.2) is 4.21 Å². The highest BCUT2D eigenvalue weighted by Crippen LogP contribution is 2.32. The van der Waals surface area contributed by atoms with Crippen LogP contribution in [0.5, 0.6) is 0 Å². The number of alkyl halides is 4. The molecule has 0 atom stereocenters. The first-order chi connectivity index (χ1) is 4.17. The van der Waals surface area contributed by atoms with Crippen molar-refractivity contribution in [1.82, 2.24) is 0 Å². The van der Waals surface area contributed by atoms with Gasteiger partial charge in [0.1, 0.15) is 0 Å². The molecule has 0 radical (unpaired) electrons. The number of hydrogen-bond donors (Lipinski definition) is 2. The summed E-state index contributed by atoms with van der Waals surface area (Å²) >= 11 is 0. The summed E-state index contributed by atoms with van der Waals surface area (Å²) in [6, 6.07) is 0. The van der Waals surface area contributed by atoms with Crippen molar-refractivity contribution in [3.8, 4) is 0 Å². The molecule has 10 heavy (non-hydrogen) atoms. The van der Waals surface area contributed by atoms with Crippen molar-refractivity contribution in [2.45, 2.75) is 11.5 Å². The Labute approximate surface area is 53.1 Å². The minimum Gasteiger partial charge on any atom is -0.299 e. The molecule has 0 aliphatic carbocycles. The van der Waals surface area contributed by atoms with E-state index < -0.39 is 21.1 Å². The molecule has 0 spiro atoms. The highest BCUT2D eigenvalue weighted by atomic mass is 32.3. The van der Waals surface area contributed by atoms with Crippen molar-refractivity contribution < 1.29 is 30.9 Å². The van der Waals surface area contributed by atoms with Crippen LogP contribution in [-0.4, -0.2) is 24.8 Å². The van der Waals surface area contributed by atoms with Crippen LogP contribution in [0.1, 0.15) is 0 Å². The van der Waals surface area contributed by atoms with Crippen molar-refractivity contribution in [2.24, 2.45) is 0 Å². The molecular formula is C2H4F4O3S. The SMILES string of the molecule is O=S(O)(O)(C(F)F)C(F)F. The van der Waals surface area contributed by atoms with E-state index >= 15 is 0 Å².